The average Bonchev–Trinajstić information content (AvgIpc) is 3.04. The highest BCUT2D eigenvalue weighted by atomic mass is 19.1. The zero-order valence-electron chi connectivity index (χ0n) is 13.3. The van der Waals surface area contributed by atoms with Crippen LogP contribution in [0.4, 0.5) is 4.39 Å². The first-order valence-electron chi connectivity index (χ1n) is 7.68. The summed E-state index contributed by atoms with van der Waals surface area (Å²) >= 11 is 0. The van der Waals surface area contributed by atoms with Gasteiger partial charge in [0.2, 0.25) is 0 Å². The first kappa shape index (κ1) is 16.3. The number of halogens is 1. The van der Waals surface area contributed by atoms with Gasteiger partial charge in [0.1, 0.15) is 5.82 Å². The molecule has 0 saturated carbocycles. The van der Waals surface area contributed by atoms with Crippen LogP contribution in [0.5, 0.6) is 0 Å². The maximum absolute atomic E-state index is 13.0. The number of hydrogen-bond acceptors (Lipinski definition) is 4. The normalized spacial score (nSPS) is 13.6. The summed E-state index contributed by atoms with van der Waals surface area (Å²) in [5.41, 5.74) is 2.41. The summed E-state index contributed by atoms with van der Waals surface area (Å²) in [6.07, 6.45) is 5.24. The molecule has 0 aliphatic heterocycles. The van der Waals surface area contributed by atoms with Crippen LogP contribution in [0.3, 0.4) is 0 Å². The van der Waals surface area contributed by atoms with E-state index in [9.17, 15) is 9.50 Å². The standard InChI is InChI=1S/C18H19FN4O/c1-18(24,15-4-6-16(19)7-5-15)12-21-10-14-11-22-23-17(14)13-3-2-8-20-9-13/h2-9,11,21,24H,10,12H2,1H3,(H,22,23). The van der Waals surface area contributed by atoms with E-state index in [2.05, 4.69) is 20.5 Å². The Kier molecular flexibility index (Phi) is 4.69. The minimum atomic E-state index is -1.09. The third kappa shape index (κ3) is 3.67. The predicted octanol–water partition coefficient (Wildman–Crippen LogP) is 2.61. The van der Waals surface area contributed by atoms with E-state index in [-0.39, 0.29) is 5.82 Å². The third-order valence-electron chi connectivity index (χ3n) is 3.92. The van der Waals surface area contributed by atoms with E-state index in [4.69, 9.17) is 0 Å². The lowest BCUT2D eigenvalue weighted by Gasteiger charge is -2.24. The molecule has 124 valence electrons. The second-order valence-electron chi connectivity index (χ2n) is 5.90. The summed E-state index contributed by atoms with van der Waals surface area (Å²) < 4.78 is 13.0. The van der Waals surface area contributed by atoms with E-state index in [0.717, 1.165) is 16.8 Å². The Balaban J connectivity index is 1.65. The number of aromatic amines is 1. The molecule has 1 aromatic carbocycles. The highest BCUT2D eigenvalue weighted by molar-refractivity contribution is 5.61. The Bertz CT molecular complexity index is 784. The van der Waals surface area contributed by atoms with Crippen molar-refractivity contribution >= 4 is 0 Å². The van der Waals surface area contributed by atoms with E-state index >= 15 is 0 Å². The Morgan fingerprint density at radius 2 is 2.00 bits per heavy atom. The fourth-order valence-corrected chi connectivity index (χ4v) is 2.56. The predicted molar refractivity (Wildman–Crippen MR) is 89.5 cm³/mol. The SMILES string of the molecule is CC(O)(CNCc1cn[nH]c1-c1cccnc1)c1ccc(F)cc1. The summed E-state index contributed by atoms with van der Waals surface area (Å²) in [7, 11) is 0. The number of benzene rings is 1. The monoisotopic (exact) mass is 326 g/mol. The van der Waals surface area contributed by atoms with E-state index < -0.39 is 5.60 Å². The Hall–Kier alpha value is -2.57. The quantitative estimate of drug-likeness (QED) is 0.651. The van der Waals surface area contributed by atoms with Crippen LogP contribution in [0.15, 0.2) is 55.0 Å². The second-order valence-corrected chi connectivity index (χ2v) is 5.90. The van der Waals surface area contributed by atoms with Crippen LogP contribution < -0.4 is 5.32 Å². The molecule has 0 saturated heterocycles. The molecular weight excluding hydrogens is 307 g/mol. The molecule has 2 heterocycles. The highest BCUT2D eigenvalue weighted by Gasteiger charge is 2.22. The van der Waals surface area contributed by atoms with Crippen molar-refractivity contribution in [1.29, 1.82) is 0 Å². The van der Waals surface area contributed by atoms with Crippen molar-refractivity contribution < 1.29 is 9.50 Å². The maximum atomic E-state index is 13.0. The fraction of sp³-hybridized carbons (Fsp3) is 0.222. The van der Waals surface area contributed by atoms with Gasteiger partial charge in [-0.3, -0.25) is 10.1 Å². The van der Waals surface area contributed by atoms with Gasteiger partial charge in [-0.2, -0.15) is 5.10 Å². The summed E-state index contributed by atoms with van der Waals surface area (Å²) in [5, 5.41) is 20.9. The molecule has 24 heavy (non-hydrogen) atoms. The summed E-state index contributed by atoms with van der Waals surface area (Å²) in [6, 6.07) is 9.71. The fourth-order valence-electron chi connectivity index (χ4n) is 2.56. The molecule has 1 atom stereocenters. The number of hydrogen-bond donors (Lipinski definition) is 3. The number of H-pyrrole nitrogens is 1. The van der Waals surface area contributed by atoms with Gasteiger partial charge >= 0.3 is 0 Å². The van der Waals surface area contributed by atoms with E-state index in [0.29, 0.717) is 18.7 Å². The van der Waals surface area contributed by atoms with Crippen LogP contribution in [-0.4, -0.2) is 26.8 Å². The minimum absolute atomic E-state index is 0.318. The summed E-state index contributed by atoms with van der Waals surface area (Å²) in [4.78, 5) is 4.11. The number of pyridine rings is 1. The minimum Gasteiger partial charge on any atom is -0.384 e. The summed E-state index contributed by atoms with van der Waals surface area (Å²) in [5.74, 6) is -0.318. The Morgan fingerprint density at radius 3 is 2.71 bits per heavy atom. The van der Waals surface area contributed by atoms with Crippen molar-refractivity contribution in [1.82, 2.24) is 20.5 Å². The van der Waals surface area contributed by atoms with Crippen molar-refractivity contribution in [2.45, 2.75) is 19.1 Å². The average molecular weight is 326 g/mol. The molecule has 2 aromatic heterocycles. The smallest absolute Gasteiger partial charge is 0.123 e. The molecule has 0 radical (unpaired) electrons. The van der Waals surface area contributed by atoms with Gasteiger partial charge in [0.05, 0.1) is 17.5 Å². The van der Waals surface area contributed by atoms with E-state index in [1.165, 1.54) is 12.1 Å². The van der Waals surface area contributed by atoms with Gasteiger partial charge in [0.15, 0.2) is 0 Å². The second kappa shape index (κ2) is 6.90. The van der Waals surface area contributed by atoms with Crippen LogP contribution in [0.1, 0.15) is 18.1 Å². The molecule has 0 amide bonds. The topological polar surface area (TPSA) is 73.8 Å². The van der Waals surface area contributed by atoms with Gasteiger partial charge in [0, 0.05) is 36.6 Å². The van der Waals surface area contributed by atoms with Gasteiger partial charge < -0.3 is 10.4 Å². The number of aliphatic hydroxyl groups is 1. The summed E-state index contributed by atoms with van der Waals surface area (Å²) in [6.45, 7) is 2.57. The van der Waals surface area contributed by atoms with Crippen LogP contribution >= 0.6 is 0 Å². The van der Waals surface area contributed by atoms with Crippen molar-refractivity contribution in [3.63, 3.8) is 0 Å². The molecule has 0 fully saturated rings. The van der Waals surface area contributed by atoms with Gasteiger partial charge in [-0.25, -0.2) is 4.39 Å². The van der Waals surface area contributed by atoms with Crippen molar-refractivity contribution in [2.75, 3.05) is 6.54 Å². The lowest BCUT2D eigenvalue weighted by Crippen LogP contribution is -2.35. The third-order valence-corrected chi connectivity index (χ3v) is 3.92. The van der Waals surface area contributed by atoms with Crippen molar-refractivity contribution in [3.8, 4) is 11.3 Å². The number of rotatable bonds is 6. The molecule has 3 rings (SSSR count). The van der Waals surface area contributed by atoms with Gasteiger partial charge in [0.25, 0.3) is 0 Å². The first-order valence-corrected chi connectivity index (χ1v) is 7.68. The zero-order chi connectivity index (χ0) is 17.0. The van der Waals surface area contributed by atoms with Crippen LogP contribution in [0, 0.1) is 5.82 Å². The molecular formula is C18H19FN4O. The van der Waals surface area contributed by atoms with Crippen molar-refractivity contribution in [3.05, 3.63) is 71.9 Å². The van der Waals surface area contributed by atoms with E-state index in [1.54, 1.807) is 37.6 Å². The lowest BCUT2D eigenvalue weighted by atomic mass is 9.96. The number of aromatic nitrogens is 3. The largest absolute Gasteiger partial charge is 0.384 e. The van der Waals surface area contributed by atoms with Gasteiger partial charge in [-0.15, -0.1) is 0 Å². The lowest BCUT2D eigenvalue weighted by molar-refractivity contribution is 0.0566. The molecule has 5 nitrogen and oxygen atoms in total. The highest BCUT2D eigenvalue weighted by Crippen LogP contribution is 2.22. The first-order chi connectivity index (χ1) is 11.6. The molecule has 0 aliphatic carbocycles. The maximum Gasteiger partial charge on any atom is 0.123 e. The molecule has 0 aliphatic rings. The van der Waals surface area contributed by atoms with Gasteiger partial charge in [-0.05, 0) is 36.8 Å². The molecule has 3 aromatic rings. The van der Waals surface area contributed by atoms with Gasteiger partial charge in [-0.1, -0.05) is 12.1 Å². The Morgan fingerprint density at radius 1 is 1.21 bits per heavy atom. The number of nitrogens with one attached hydrogen (secondary N) is 2. The van der Waals surface area contributed by atoms with Crippen LogP contribution in [0.2, 0.25) is 0 Å². The van der Waals surface area contributed by atoms with E-state index in [1.807, 2.05) is 12.1 Å². The molecule has 3 N–H and O–H groups in total. The molecule has 0 spiro atoms. The van der Waals surface area contributed by atoms with Crippen LogP contribution in [-0.2, 0) is 12.1 Å². The van der Waals surface area contributed by atoms with Crippen molar-refractivity contribution in [2.24, 2.45) is 0 Å². The number of nitrogens with zero attached hydrogens (tertiary/aromatic N) is 2. The molecule has 1 unspecified atom stereocenters. The Labute approximate surface area is 139 Å². The molecule has 6 heteroatoms. The molecule has 0 bridgehead atoms. The zero-order valence-corrected chi connectivity index (χ0v) is 13.3. The van der Waals surface area contributed by atoms with Crippen LogP contribution in [0.25, 0.3) is 11.3 Å².